The summed E-state index contributed by atoms with van der Waals surface area (Å²) in [5.74, 6) is 1.79. The fourth-order valence-corrected chi connectivity index (χ4v) is 2.34. The zero-order valence-corrected chi connectivity index (χ0v) is 12.2. The summed E-state index contributed by atoms with van der Waals surface area (Å²) in [6.07, 6.45) is 1.92. The van der Waals surface area contributed by atoms with Crippen molar-refractivity contribution in [3.05, 3.63) is 24.3 Å². The first-order valence-electron chi connectivity index (χ1n) is 6.32. The van der Waals surface area contributed by atoms with Gasteiger partial charge in [0.2, 0.25) is 5.89 Å². The maximum absolute atomic E-state index is 11.3. The van der Waals surface area contributed by atoms with Crippen LogP contribution >= 0.6 is 11.8 Å². The summed E-state index contributed by atoms with van der Waals surface area (Å²) in [6, 6.07) is 3.52. The molecule has 0 fully saturated rings. The number of furan rings is 1. The van der Waals surface area contributed by atoms with E-state index >= 15 is 0 Å². The fourth-order valence-electron chi connectivity index (χ4n) is 1.54. The van der Waals surface area contributed by atoms with Gasteiger partial charge in [-0.15, -0.1) is 22.0 Å². The molecule has 0 saturated heterocycles. The van der Waals surface area contributed by atoms with E-state index < -0.39 is 0 Å². The number of thioether (sulfide) groups is 1. The number of hydrogen-bond acceptors (Lipinski definition) is 7. The molecule has 0 N–H and O–H groups in total. The lowest BCUT2D eigenvalue weighted by Crippen LogP contribution is -2.10. The molecule has 0 aliphatic heterocycles. The van der Waals surface area contributed by atoms with Gasteiger partial charge in [0.15, 0.2) is 5.76 Å². The van der Waals surface area contributed by atoms with E-state index in [1.54, 1.807) is 37.1 Å². The topological polar surface area (TPSA) is 78.4 Å². The highest BCUT2D eigenvalue weighted by atomic mass is 32.2. The van der Waals surface area contributed by atoms with E-state index in [-0.39, 0.29) is 11.2 Å². The van der Waals surface area contributed by atoms with Crippen molar-refractivity contribution in [2.75, 3.05) is 6.61 Å². The highest BCUT2D eigenvalue weighted by molar-refractivity contribution is 7.99. The Kier molecular flexibility index (Phi) is 5.23. The third kappa shape index (κ3) is 4.12. The van der Waals surface area contributed by atoms with Gasteiger partial charge in [-0.05, 0) is 19.1 Å². The lowest BCUT2D eigenvalue weighted by atomic mass is 10.3. The van der Waals surface area contributed by atoms with Crippen LogP contribution in [0.1, 0.15) is 26.2 Å². The minimum atomic E-state index is -0.186. The van der Waals surface area contributed by atoms with Gasteiger partial charge in [-0.2, -0.15) is 0 Å². The second-order valence-corrected chi connectivity index (χ2v) is 5.54. The van der Waals surface area contributed by atoms with E-state index in [9.17, 15) is 4.79 Å². The molecule has 0 aliphatic rings. The largest absolute Gasteiger partial charge is 0.466 e. The average molecular weight is 296 g/mol. The predicted octanol–water partition coefficient (Wildman–Crippen LogP) is 2.90. The summed E-state index contributed by atoms with van der Waals surface area (Å²) < 4.78 is 15.6. The molecular weight excluding hydrogens is 280 g/mol. The van der Waals surface area contributed by atoms with Crippen molar-refractivity contribution in [1.82, 2.24) is 10.2 Å². The van der Waals surface area contributed by atoms with Crippen molar-refractivity contribution in [1.29, 1.82) is 0 Å². The van der Waals surface area contributed by atoms with Crippen LogP contribution in [-0.2, 0) is 15.3 Å². The quantitative estimate of drug-likeness (QED) is 0.727. The fraction of sp³-hybridized carbons (Fsp3) is 0.462. The molecule has 20 heavy (non-hydrogen) atoms. The van der Waals surface area contributed by atoms with Crippen molar-refractivity contribution >= 4 is 17.7 Å². The van der Waals surface area contributed by atoms with Crippen molar-refractivity contribution in [2.24, 2.45) is 0 Å². The van der Waals surface area contributed by atoms with E-state index in [4.69, 9.17) is 13.6 Å². The van der Waals surface area contributed by atoms with Gasteiger partial charge in [-0.3, -0.25) is 4.79 Å². The van der Waals surface area contributed by atoms with Gasteiger partial charge in [0, 0.05) is 5.25 Å². The van der Waals surface area contributed by atoms with Gasteiger partial charge in [0.05, 0.1) is 25.0 Å². The Morgan fingerprint density at radius 2 is 2.35 bits per heavy atom. The Labute approximate surface area is 120 Å². The van der Waals surface area contributed by atoms with Crippen LogP contribution in [0.25, 0.3) is 11.7 Å². The molecule has 2 heterocycles. The van der Waals surface area contributed by atoms with E-state index in [1.807, 2.05) is 6.92 Å². The van der Waals surface area contributed by atoms with Crippen molar-refractivity contribution in [3.8, 4) is 11.7 Å². The second-order valence-electron chi connectivity index (χ2n) is 4.11. The molecule has 0 saturated carbocycles. The summed E-state index contributed by atoms with van der Waals surface area (Å²) in [7, 11) is 0. The zero-order chi connectivity index (χ0) is 14.4. The van der Waals surface area contributed by atoms with Crippen molar-refractivity contribution in [2.45, 2.75) is 31.3 Å². The molecule has 2 rings (SSSR count). The van der Waals surface area contributed by atoms with Crippen LogP contribution < -0.4 is 0 Å². The van der Waals surface area contributed by atoms with Crippen molar-refractivity contribution in [3.63, 3.8) is 0 Å². The first kappa shape index (κ1) is 14.6. The number of esters is 1. The molecule has 0 aliphatic carbocycles. The van der Waals surface area contributed by atoms with Crippen LogP contribution in [-0.4, -0.2) is 28.0 Å². The normalized spacial score (nSPS) is 12.3. The minimum absolute atomic E-state index is 0.132. The molecule has 0 radical (unpaired) electrons. The van der Waals surface area contributed by atoms with Gasteiger partial charge in [-0.25, -0.2) is 0 Å². The maximum Gasteiger partial charge on any atom is 0.306 e. The molecule has 0 unspecified atom stereocenters. The monoisotopic (exact) mass is 296 g/mol. The summed E-state index contributed by atoms with van der Waals surface area (Å²) in [5.41, 5.74) is 0. The van der Waals surface area contributed by atoms with Crippen LogP contribution in [0.4, 0.5) is 0 Å². The van der Waals surface area contributed by atoms with Crippen LogP contribution in [0, 0.1) is 0 Å². The molecule has 0 aromatic carbocycles. The number of carbonyl (C=O) groups excluding carboxylic acids is 1. The van der Waals surface area contributed by atoms with E-state index in [0.717, 1.165) is 0 Å². The van der Waals surface area contributed by atoms with Gasteiger partial charge in [0.25, 0.3) is 5.89 Å². The predicted molar refractivity (Wildman–Crippen MR) is 74.0 cm³/mol. The summed E-state index contributed by atoms with van der Waals surface area (Å²) in [6.45, 7) is 4.17. The second kappa shape index (κ2) is 7.14. The standard InChI is InChI=1S/C13H16N2O4S/c1-3-17-12(16)7-9(2)20-8-11-14-15-13(19-11)10-5-4-6-18-10/h4-6,9H,3,7-8H2,1-2H3/t9-/m0/s1. The molecule has 2 aromatic heterocycles. The van der Waals surface area contributed by atoms with E-state index in [1.165, 1.54) is 0 Å². The Morgan fingerprint density at radius 3 is 3.05 bits per heavy atom. The maximum atomic E-state index is 11.3. The Balaban J connectivity index is 1.81. The van der Waals surface area contributed by atoms with Crippen LogP contribution in [0.3, 0.4) is 0 Å². The smallest absolute Gasteiger partial charge is 0.306 e. The Morgan fingerprint density at radius 1 is 1.50 bits per heavy atom. The highest BCUT2D eigenvalue weighted by Gasteiger charge is 2.14. The van der Waals surface area contributed by atoms with Crippen molar-refractivity contribution < 1.29 is 18.4 Å². The van der Waals surface area contributed by atoms with Crippen LogP contribution in [0.15, 0.2) is 27.2 Å². The number of nitrogens with zero attached hydrogens (tertiary/aromatic N) is 2. The number of aromatic nitrogens is 2. The molecule has 7 heteroatoms. The van der Waals surface area contributed by atoms with Gasteiger partial charge in [0.1, 0.15) is 0 Å². The molecule has 2 aromatic rings. The molecule has 0 spiro atoms. The molecule has 108 valence electrons. The lowest BCUT2D eigenvalue weighted by molar-refractivity contribution is -0.142. The minimum Gasteiger partial charge on any atom is -0.466 e. The first-order chi connectivity index (χ1) is 9.69. The highest BCUT2D eigenvalue weighted by Crippen LogP contribution is 2.23. The third-order valence-corrected chi connectivity index (χ3v) is 3.60. The molecule has 0 amide bonds. The van der Waals surface area contributed by atoms with Gasteiger partial charge < -0.3 is 13.6 Å². The number of rotatable bonds is 7. The number of hydrogen-bond donors (Lipinski definition) is 0. The molecule has 0 bridgehead atoms. The number of carbonyl (C=O) groups is 1. The summed E-state index contributed by atoms with van der Waals surface area (Å²) in [5, 5.41) is 7.99. The summed E-state index contributed by atoms with van der Waals surface area (Å²) in [4.78, 5) is 11.3. The van der Waals surface area contributed by atoms with Crippen LogP contribution in [0.5, 0.6) is 0 Å². The first-order valence-corrected chi connectivity index (χ1v) is 7.37. The van der Waals surface area contributed by atoms with Gasteiger partial charge >= 0.3 is 5.97 Å². The molecule has 1 atom stereocenters. The zero-order valence-electron chi connectivity index (χ0n) is 11.4. The molecule has 6 nitrogen and oxygen atoms in total. The third-order valence-electron chi connectivity index (χ3n) is 2.45. The lowest BCUT2D eigenvalue weighted by Gasteiger charge is -2.08. The van der Waals surface area contributed by atoms with Crippen LogP contribution in [0.2, 0.25) is 0 Å². The average Bonchev–Trinajstić information content (AvgIpc) is 3.07. The van der Waals surface area contributed by atoms with E-state index in [2.05, 4.69) is 10.2 Å². The SMILES string of the molecule is CCOC(=O)C[C@H](C)SCc1nnc(-c2ccco2)o1. The number of ether oxygens (including phenoxy) is 1. The molecular formula is C13H16N2O4S. The Hall–Kier alpha value is -1.76. The summed E-state index contributed by atoms with van der Waals surface area (Å²) >= 11 is 1.57. The van der Waals surface area contributed by atoms with E-state index in [0.29, 0.717) is 36.3 Å². The van der Waals surface area contributed by atoms with Gasteiger partial charge in [-0.1, -0.05) is 6.92 Å². The Bertz CT molecular complexity index is 538.